The van der Waals surface area contributed by atoms with E-state index in [2.05, 4.69) is 44.5 Å². The van der Waals surface area contributed by atoms with Crippen molar-refractivity contribution < 1.29 is 4.79 Å². The summed E-state index contributed by atoms with van der Waals surface area (Å²) < 4.78 is 0. The van der Waals surface area contributed by atoms with Gasteiger partial charge in [0, 0.05) is 42.3 Å². The Kier molecular flexibility index (Phi) is 6.74. The van der Waals surface area contributed by atoms with Crippen LogP contribution in [0.5, 0.6) is 0 Å². The Morgan fingerprint density at radius 2 is 1.82 bits per heavy atom. The van der Waals surface area contributed by atoms with E-state index in [1.807, 2.05) is 54.6 Å². The third kappa shape index (κ3) is 5.56. The van der Waals surface area contributed by atoms with E-state index in [0.29, 0.717) is 5.02 Å². The van der Waals surface area contributed by atoms with Gasteiger partial charge in [-0.3, -0.25) is 9.69 Å². The molecular formula is C28H27ClN4O. The van der Waals surface area contributed by atoms with Gasteiger partial charge < -0.3 is 10.3 Å². The molecule has 3 aromatic carbocycles. The number of piperidine rings is 1. The minimum Gasteiger partial charge on any atom is -0.350 e. The Hall–Kier alpha value is -3.41. The van der Waals surface area contributed by atoms with Gasteiger partial charge in [0.25, 0.3) is 0 Å². The van der Waals surface area contributed by atoms with Gasteiger partial charge in [-0.25, -0.2) is 4.98 Å². The normalized spacial score (nSPS) is 15.2. The van der Waals surface area contributed by atoms with E-state index in [-0.39, 0.29) is 11.9 Å². The van der Waals surface area contributed by atoms with Gasteiger partial charge in [-0.15, -0.1) is 0 Å². The van der Waals surface area contributed by atoms with Crippen LogP contribution in [-0.4, -0.2) is 39.9 Å². The predicted octanol–water partition coefficient (Wildman–Crippen LogP) is 5.68. The van der Waals surface area contributed by atoms with Crippen LogP contribution in [0, 0.1) is 0 Å². The van der Waals surface area contributed by atoms with Crippen molar-refractivity contribution in [2.24, 2.45) is 0 Å². The fourth-order valence-corrected chi connectivity index (χ4v) is 4.54. The number of fused-ring (bicyclic) bond motifs is 1. The number of amides is 1. The second-order valence-corrected chi connectivity index (χ2v) is 9.18. The van der Waals surface area contributed by atoms with E-state index in [1.165, 1.54) is 5.56 Å². The Labute approximate surface area is 204 Å². The summed E-state index contributed by atoms with van der Waals surface area (Å²) in [6.07, 6.45) is 5.42. The number of halogens is 1. The number of rotatable bonds is 6. The van der Waals surface area contributed by atoms with Crippen molar-refractivity contribution in [2.75, 3.05) is 13.1 Å². The number of aromatic nitrogens is 2. The number of nitrogens with one attached hydrogen (secondary N) is 2. The van der Waals surface area contributed by atoms with Crippen LogP contribution in [0.25, 0.3) is 28.5 Å². The third-order valence-corrected chi connectivity index (χ3v) is 6.47. The summed E-state index contributed by atoms with van der Waals surface area (Å²) in [5, 5.41) is 3.83. The van der Waals surface area contributed by atoms with Crippen molar-refractivity contribution in [2.45, 2.75) is 25.4 Å². The fourth-order valence-electron chi connectivity index (χ4n) is 4.37. The summed E-state index contributed by atoms with van der Waals surface area (Å²) in [6, 6.07) is 24.3. The molecule has 1 aliphatic rings. The number of benzene rings is 3. The van der Waals surface area contributed by atoms with Crippen LogP contribution in [-0.2, 0) is 11.3 Å². The molecular weight excluding hydrogens is 444 g/mol. The minimum absolute atomic E-state index is 0.0419. The summed E-state index contributed by atoms with van der Waals surface area (Å²) in [4.78, 5) is 22.8. The average molecular weight is 471 g/mol. The summed E-state index contributed by atoms with van der Waals surface area (Å²) >= 11 is 6.06. The molecule has 2 heterocycles. The second kappa shape index (κ2) is 10.2. The molecule has 0 spiro atoms. The van der Waals surface area contributed by atoms with Gasteiger partial charge in [-0.05, 0) is 48.2 Å². The second-order valence-electron chi connectivity index (χ2n) is 8.75. The number of carbonyl (C=O) groups excluding carboxylic acids is 1. The maximum atomic E-state index is 12.4. The molecule has 1 aliphatic heterocycles. The van der Waals surface area contributed by atoms with Crippen molar-refractivity contribution in [3.05, 3.63) is 95.0 Å². The summed E-state index contributed by atoms with van der Waals surface area (Å²) in [5.74, 6) is 0.754. The summed E-state index contributed by atoms with van der Waals surface area (Å²) in [5.41, 5.74) is 5.08. The number of H-pyrrole nitrogens is 1. The number of likely N-dealkylation sites (tertiary alicyclic amines) is 1. The van der Waals surface area contributed by atoms with Crippen molar-refractivity contribution in [1.29, 1.82) is 0 Å². The monoisotopic (exact) mass is 470 g/mol. The Morgan fingerprint density at radius 1 is 1.06 bits per heavy atom. The van der Waals surface area contributed by atoms with Crippen LogP contribution in [0.2, 0.25) is 5.02 Å². The van der Waals surface area contributed by atoms with Gasteiger partial charge in [-0.1, -0.05) is 66.2 Å². The first kappa shape index (κ1) is 22.4. The van der Waals surface area contributed by atoms with Crippen LogP contribution in [0.15, 0.2) is 78.9 Å². The lowest BCUT2D eigenvalue weighted by Crippen LogP contribution is -2.43. The van der Waals surface area contributed by atoms with E-state index >= 15 is 0 Å². The molecule has 1 fully saturated rings. The van der Waals surface area contributed by atoms with Crippen LogP contribution >= 0.6 is 11.6 Å². The van der Waals surface area contributed by atoms with Crippen molar-refractivity contribution in [3.8, 4) is 11.4 Å². The molecule has 0 bridgehead atoms. The summed E-state index contributed by atoms with van der Waals surface area (Å²) in [6.45, 7) is 2.97. The molecule has 1 aromatic heterocycles. The molecule has 0 radical (unpaired) electrons. The standard InChI is InChI=1S/C28H27ClN4O/c29-23-11-12-25-26(18-23)32-28(31-25)22-9-6-20(7-10-22)8-13-27(34)30-24-14-16-33(17-15-24)19-21-4-2-1-3-5-21/h1-13,18,24H,14-17,19H2,(H,30,34)(H,31,32)/b13-8+. The zero-order valence-electron chi connectivity index (χ0n) is 18.9. The minimum atomic E-state index is -0.0419. The first-order valence-electron chi connectivity index (χ1n) is 11.6. The molecule has 2 N–H and O–H groups in total. The Balaban J connectivity index is 1.12. The smallest absolute Gasteiger partial charge is 0.244 e. The molecule has 1 saturated heterocycles. The van der Waals surface area contributed by atoms with Gasteiger partial charge >= 0.3 is 0 Å². The highest BCUT2D eigenvalue weighted by Gasteiger charge is 2.20. The zero-order chi connectivity index (χ0) is 23.3. The van der Waals surface area contributed by atoms with E-state index < -0.39 is 0 Å². The topological polar surface area (TPSA) is 61.0 Å². The van der Waals surface area contributed by atoms with Gasteiger partial charge in [-0.2, -0.15) is 0 Å². The Bertz CT molecular complexity index is 1290. The lowest BCUT2D eigenvalue weighted by molar-refractivity contribution is -0.117. The predicted molar refractivity (Wildman–Crippen MR) is 138 cm³/mol. The van der Waals surface area contributed by atoms with Crippen molar-refractivity contribution >= 4 is 34.6 Å². The number of aromatic amines is 1. The van der Waals surface area contributed by atoms with E-state index in [4.69, 9.17) is 11.6 Å². The molecule has 0 atom stereocenters. The quantitative estimate of drug-likeness (QED) is 0.356. The molecule has 5 nitrogen and oxygen atoms in total. The largest absolute Gasteiger partial charge is 0.350 e. The average Bonchev–Trinajstić information content (AvgIpc) is 3.28. The maximum absolute atomic E-state index is 12.4. The number of hydrogen-bond donors (Lipinski definition) is 2. The molecule has 172 valence electrons. The highest BCUT2D eigenvalue weighted by molar-refractivity contribution is 6.31. The van der Waals surface area contributed by atoms with Gasteiger partial charge in [0.05, 0.1) is 11.0 Å². The fraction of sp³-hybridized carbons (Fsp3) is 0.214. The first-order chi connectivity index (χ1) is 16.6. The van der Waals surface area contributed by atoms with Crippen LogP contribution in [0.1, 0.15) is 24.0 Å². The van der Waals surface area contributed by atoms with Gasteiger partial charge in [0.2, 0.25) is 5.91 Å². The third-order valence-electron chi connectivity index (χ3n) is 6.24. The SMILES string of the molecule is O=C(/C=C/c1ccc(-c2nc3ccc(Cl)cc3[nH]2)cc1)NC1CCN(Cc2ccccc2)CC1. The molecule has 1 amide bonds. The van der Waals surface area contributed by atoms with E-state index in [1.54, 1.807) is 6.08 Å². The molecule has 4 aromatic rings. The molecule has 5 rings (SSSR count). The van der Waals surface area contributed by atoms with Gasteiger partial charge in [0.15, 0.2) is 0 Å². The molecule has 6 heteroatoms. The van der Waals surface area contributed by atoms with E-state index in [9.17, 15) is 4.79 Å². The van der Waals surface area contributed by atoms with Crippen molar-refractivity contribution in [3.63, 3.8) is 0 Å². The number of hydrogen-bond acceptors (Lipinski definition) is 3. The zero-order valence-corrected chi connectivity index (χ0v) is 19.6. The first-order valence-corrected chi connectivity index (χ1v) is 12.0. The van der Waals surface area contributed by atoms with Crippen LogP contribution in [0.4, 0.5) is 0 Å². The maximum Gasteiger partial charge on any atom is 0.244 e. The number of imidazole rings is 1. The van der Waals surface area contributed by atoms with Crippen LogP contribution in [0.3, 0.4) is 0 Å². The summed E-state index contributed by atoms with van der Waals surface area (Å²) in [7, 11) is 0. The van der Waals surface area contributed by atoms with Gasteiger partial charge in [0.1, 0.15) is 5.82 Å². The molecule has 0 unspecified atom stereocenters. The molecule has 34 heavy (non-hydrogen) atoms. The lowest BCUT2D eigenvalue weighted by Gasteiger charge is -2.32. The highest BCUT2D eigenvalue weighted by Crippen LogP contribution is 2.23. The Morgan fingerprint density at radius 3 is 2.59 bits per heavy atom. The number of nitrogens with zero attached hydrogens (tertiary/aromatic N) is 2. The molecule has 0 aliphatic carbocycles. The van der Waals surface area contributed by atoms with E-state index in [0.717, 1.165) is 60.5 Å². The lowest BCUT2D eigenvalue weighted by atomic mass is 10.0. The highest BCUT2D eigenvalue weighted by atomic mass is 35.5. The number of carbonyl (C=O) groups is 1. The molecule has 0 saturated carbocycles. The van der Waals surface area contributed by atoms with Crippen molar-refractivity contribution in [1.82, 2.24) is 20.2 Å². The van der Waals surface area contributed by atoms with Crippen LogP contribution < -0.4 is 5.32 Å².